The molecule has 0 radical (unpaired) electrons. The molecule has 0 aliphatic carbocycles. The van der Waals surface area contributed by atoms with Crippen molar-refractivity contribution in [2.75, 3.05) is 4.90 Å². The molecule has 0 aromatic heterocycles. The first kappa shape index (κ1) is 22.5. The molecule has 0 bridgehead atoms. The molecule has 33 heavy (non-hydrogen) atoms. The van der Waals surface area contributed by atoms with Crippen molar-refractivity contribution in [3.8, 4) is 5.75 Å². The van der Waals surface area contributed by atoms with Crippen LogP contribution in [-0.2, 0) is 16.2 Å². The third kappa shape index (κ3) is 4.89. The molecule has 4 amide bonds. The van der Waals surface area contributed by atoms with Gasteiger partial charge in [-0.15, -0.1) is 0 Å². The fraction of sp³-hybridized carbons (Fsp3) is 0.0417. The molecule has 1 fully saturated rings. The molecule has 1 N–H and O–H groups in total. The first-order valence-corrected chi connectivity index (χ1v) is 10.4. The highest BCUT2D eigenvalue weighted by atomic mass is 35.5. The Balaban J connectivity index is 1.60. The van der Waals surface area contributed by atoms with Gasteiger partial charge in [0.15, 0.2) is 5.75 Å². The molecule has 3 aromatic rings. The number of halogens is 3. The maximum Gasteiger partial charge on any atom is 0.335 e. The van der Waals surface area contributed by atoms with Crippen LogP contribution in [-0.4, -0.2) is 17.8 Å². The largest absolute Gasteiger partial charge is 0.486 e. The van der Waals surface area contributed by atoms with Gasteiger partial charge in [-0.25, -0.2) is 14.1 Å². The molecule has 6 nitrogen and oxygen atoms in total. The number of carbonyl (C=O) groups is 3. The zero-order valence-corrected chi connectivity index (χ0v) is 18.4. The van der Waals surface area contributed by atoms with Crippen LogP contribution >= 0.6 is 23.2 Å². The lowest BCUT2D eigenvalue weighted by molar-refractivity contribution is -0.122. The number of hydrogen-bond acceptors (Lipinski definition) is 4. The monoisotopic (exact) mass is 484 g/mol. The summed E-state index contributed by atoms with van der Waals surface area (Å²) in [5.41, 5.74) is 0.988. The zero-order valence-electron chi connectivity index (χ0n) is 16.8. The third-order valence-corrected chi connectivity index (χ3v) is 5.28. The van der Waals surface area contributed by atoms with Gasteiger partial charge in [0, 0.05) is 0 Å². The van der Waals surface area contributed by atoms with E-state index in [1.807, 2.05) is 0 Å². The fourth-order valence-corrected chi connectivity index (χ4v) is 3.83. The molecule has 4 rings (SSSR count). The molecular formula is C24H15Cl2FN2O4. The number of hydrogen-bond donors (Lipinski definition) is 1. The van der Waals surface area contributed by atoms with Crippen molar-refractivity contribution in [1.29, 1.82) is 0 Å². The van der Waals surface area contributed by atoms with E-state index >= 15 is 0 Å². The number of imide groups is 2. The van der Waals surface area contributed by atoms with E-state index < -0.39 is 23.7 Å². The average molecular weight is 485 g/mol. The molecule has 1 aliphatic rings. The summed E-state index contributed by atoms with van der Waals surface area (Å²) >= 11 is 12.6. The van der Waals surface area contributed by atoms with Crippen LogP contribution in [0.15, 0.2) is 72.3 Å². The highest BCUT2D eigenvalue weighted by molar-refractivity contribution is 6.40. The van der Waals surface area contributed by atoms with Crippen LogP contribution in [0.25, 0.3) is 6.08 Å². The predicted molar refractivity (Wildman–Crippen MR) is 123 cm³/mol. The quantitative estimate of drug-likeness (QED) is 0.389. The molecule has 1 heterocycles. The molecule has 1 aliphatic heterocycles. The Kier molecular flexibility index (Phi) is 6.44. The minimum Gasteiger partial charge on any atom is -0.486 e. The van der Waals surface area contributed by atoms with Crippen molar-refractivity contribution in [3.63, 3.8) is 0 Å². The molecular weight excluding hydrogens is 470 g/mol. The fourth-order valence-electron chi connectivity index (χ4n) is 3.22. The lowest BCUT2D eigenvalue weighted by Gasteiger charge is -2.26. The van der Waals surface area contributed by atoms with Crippen molar-refractivity contribution >= 4 is 52.8 Å². The smallest absolute Gasteiger partial charge is 0.335 e. The van der Waals surface area contributed by atoms with E-state index in [1.165, 1.54) is 30.3 Å². The summed E-state index contributed by atoms with van der Waals surface area (Å²) in [5.74, 6) is -1.84. The number of nitrogens with zero attached hydrogens (tertiary/aromatic N) is 1. The Morgan fingerprint density at radius 3 is 2.30 bits per heavy atom. The van der Waals surface area contributed by atoms with E-state index in [2.05, 4.69) is 5.32 Å². The minimum absolute atomic E-state index is 0.0344. The molecule has 3 aromatic carbocycles. The van der Waals surface area contributed by atoms with E-state index in [0.717, 1.165) is 4.90 Å². The number of para-hydroxylation sites is 1. The molecule has 1 saturated heterocycles. The Labute approximate surface area is 198 Å². The van der Waals surface area contributed by atoms with Crippen molar-refractivity contribution < 1.29 is 23.5 Å². The molecule has 0 spiro atoms. The third-order valence-electron chi connectivity index (χ3n) is 4.72. The van der Waals surface area contributed by atoms with E-state index in [9.17, 15) is 18.8 Å². The lowest BCUT2D eigenvalue weighted by Crippen LogP contribution is -2.54. The number of urea groups is 1. The number of anilines is 1. The maximum absolute atomic E-state index is 13.4. The van der Waals surface area contributed by atoms with Crippen molar-refractivity contribution in [2.45, 2.75) is 6.61 Å². The summed E-state index contributed by atoms with van der Waals surface area (Å²) in [5, 5.41) is 2.41. The second kappa shape index (κ2) is 9.44. The highest BCUT2D eigenvalue weighted by Crippen LogP contribution is 2.36. The van der Waals surface area contributed by atoms with Crippen LogP contribution < -0.4 is 15.0 Å². The highest BCUT2D eigenvalue weighted by Gasteiger charge is 2.36. The molecule has 0 unspecified atom stereocenters. The van der Waals surface area contributed by atoms with Gasteiger partial charge in [-0.3, -0.25) is 14.9 Å². The molecule has 166 valence electrons. The summed E-state index contributed by atoms with van der Waals surface area (Å²) in [6.45, 7) is 0.0344. The average Bonchev–Trinajstić information content (AvgIpc) is 2.77. The Hall–Kier alpha value is -3.68. The Morgan fingerprint density at radius 1 is 0.939 bits per heavy atom. The topological polar surface area (TPSA) is 75.7 Å². The first-order chi connectivity index (χ1) is 15.8. The maximum atomic E-state index is 13.4. The lowest BCUT2D eigenvalue weighted by atomic mass is 10.1. The minimum atomic E-state index is -0.842. The van der Waals surface area contributed by atoms with E-state index in [0.29, 0.717) is 16.8 Å². The van der Waals surface area contributed by atoms with Crippen LogP contribution in [0.5, 0.6) is 5.75 Å². The zero-order chi connectivity index (χ0) is 23.5. The van der Waals surface area contributed by atoms with Crippen molar-refractivity contribution in [1.82, 2.24) is 5.32 Å². The Morgan fingerprint density at radius 2 is 1.64 bits per heavy atom. The standard InChI is InChI=1S/C24H15Cl2FN2O4/c25-19-11-15(12-20(26)21(19)33-13-14-5-4-6-16(27)9-14)10-18-22(30)28-24(32)29(23(18)31)17-7-2-1-3-8-17/h1-12H,13H2,(H,28,30,32)/b18-10+. The molecule has 0 saturated carbocycles. The summed E-state index contributed by atoms with van der Waals surface area (Å²) in [6, 6.07) is 16.2. The number of rotatable bonds is 5. The van der Waals surface area contributed by atoms with Crippen LogP contribution in [0.1, 0.15) is 11.1 Å². The summed E-state index contributed by atoms with van der Waals surface area (Å²) in [4.78, 5) is 38.4. The normalized spacial score (nSPS) is 15.1. The SMILES string of the molecule is O=C1NC(=O)N(c2ccccc2)C(=O)/C1=C/c1cc(Cl)c(OCc2cccc(F)c2)c(Cl)c1. The number of nitrogens with one attached hydrogen (secondary N) is 1. The van der Waals surface area contributed by atoms with Gasteiger partial charge < -0.3 is 4.74 Å². The van der Waals surface area contributed by atoms with Gasteiger partial charge in [-0.05, 0) is 53.6 Å². The van der Waals surface area contributed by atoms with Crippen LogP contribution in [0, 0.1) is 5.82 Å². The van der Waals surface area contributed by atoms with Gasteiger partial charge in [0.1, 0.15) is 18.0 Å². The second-order valence-corrected chi connectivity index (χ2v) is 7.84. The van der Waals surface area contributed by atoms with Gasteiger partial charge in [-0.2, -0.15) is 0 Å². The van der Waals surface area contributed by atoms with Crippen LogP contribution in [0.2, 0.25) is 10.0 Å². The molecule has 9 heteroatoms. The van der Waals surface area contributed by atoms with E-state index in [1.54, 1.807) is 42.5 Å². The van der Waals surface area contributed by atoms with E-state index in [-0.39, 0.29) is 28.0 Å². The number of amides is 4. The van der Waals surface area contributed by atoms with Crippen LogP contribution in [0.3, 0.4) is 0 Å². The van der Waals surface area contributed by atoms with Gasteiger partial charge in [0.2, 0.25) is 0 Å². The van der Waals surface area contributed by atoms with Crippen molar-refractivity contribution in [3.05, 3.63) is 99.3 Å². The van der Waals surface area contributed by atoms with Crippen molar-refractivity contribution in [2.24, 2.45) is 0 Å². The first-order valence-electron chi connectivity index (χ1n) is 9.66. The summed E-state index contributed by atoms with van der Waals surface area (Å²) in [7, 11) is 0. The Bertz CT molecular complexity index is 1270. The predicted octanol–water partition coefficient (Wildman–Crippen LogP) is 5.38. The van der Waals surface area contributed by atoms with E-state index in [4.69, 9.17) is 27.9 Å². The summed E-state index contributed by atoms with van der Waals surface area (Å²) in [6.07, 6.45) is 1.29. The number of carbonyl (C=O) groups excluding carboxylic acids is 3. The van der Waals surface area contributed by atoms with Crippen LogP contribution in [0.4, 0.5) is 14.9 Å². The van der Waals surface area contributed by atoms with Gasteiger partial charge >= 0.3 is 6.03 Å². The van der Waals surface area contributed by atoms with Gasteiger partial charge in [-0.1, -0.05) is 53.5 Å². The summed E-state index contributed by atoms with van der Waals surface area (Å²) < 4.78 is 19.0. The van der Waals surface area contributed by atoms with Gasteiger partial charge in [0.05, 0.1) is 15.7 Å². The number of ether oxygens (including phenoxy) is 1. The second-order valence-electron chi connectivity index (χ2n) is 7.03. The molecule has 0 atom stereocenters. The number of benzene rings is 3. The number of barbiturate groups is 1. The van der Waals surface area contributed by atoms with Gasteiger partial charge in [0.25, 0.3) is 11.8 Å².